The first-order valence-electron chi connectivity index (χ1n) is 5.52. The number of hydrogen-bond acceptors (Lipinski definition) is 1. The van der Waals surface area contributed by atoms with Crippen LogP contribution in [0.4, 0.5) is 0 Å². The number of benzene rings is 1. The van der Waals surface area contributed by atoms with E-state index in [0.29, 0.717) is 22.2 Å². The molecular formula is C13H12Cl2N2O. The molecule has 0 unspecified atom stereocenters. The minimum absolute atomic E-state index is 0.188. The second-order valence-corrected chi connectivity index (χ2v) is 4.69. The molecular weight excluding hydrogens is 271 g/mol. The molecule has 0 spiro atoms. The Hall–Kier alpha value is -1.45. The summed E-state index contributed by atoms with van der Waals surface area (Å²) in [4.78, 5) is 14.8. The average Bonchev–Trinajstić information content (AvgIpc) is 2.81. The molecule has 2 aromatic rings. The molecule has 0 aliphatic carbocycles. The van der Waals surface area contributed by atoms with Crippen LogP contribution in [0.5, 0.6) is 0 Å². The summed E-state index contributed by atoms with van der Waals surface area (Å²) in [5.41, 5.74) is 1.59. The minimum atomic E-state index is -0.188. The highest BCUT2D eigenvalue weighted by Crippen LogP contribution is 2.20. The molecule has 3 nitrogen and oxygen atoms in total. The molecule has 1 heterocycles. The zero-order valence-corrected chi connectivity index (χ0v) is 11.1. The van der Waals surface area contributed by atoms with E-state index >= 15 is 0 Å². The van der Waals surface area contributed by atoms with Gasteiger partial charge in [-0.15, -0.1) is 0 Å². The number of halogens is 2. The fourth-order valence-corrected chi connectivity index (χ4v) is 2.10. The van der Waals surface area contributed by atoms with E-state index in [1.807, 2.05) is 18.5 Å². The van der Waals surface area contributed by atoms with Crippen LogP contribution in [0.15, 0.2) is 36.7 Å². The van der Waals surface area contributed by atoms with Crippen LogP contribution in [0.25, 0.3) is 0 Å². The normalized spacial score (nSPS) is 10.3. The largest absolute Gasteiger partial charge is 0.367 e. The summed E-state index contributed by atoms with van der Waals surface area (Å²) in [6, 6.07) is 6.80. The van der Waals surface area contributed by atoms with E-state index in [4.69, 9.17) is 23.2 Å². The zero-order chi connectivity index (χ0) is 13.0. The van der Waals surface area contributed by atoms with E-state index in [9.17, 15) is 4.79 Å². The Balaban J connectivity index is 1.91. The smallest absolute Gasteiger partial charge is 0.252 e. The van der Waals surface area contributed by atoms with Gasteiger partial charge in [-0.25, -0.2) is 0 Å². The summed E-state index contributed by atoms with van der Waals surface area (Å²) in [7, 11) is 0. The van der Waals surface area contributed by atoms with Crippen LogP contribution in [0.1, 0.15) is 15.9 Å². The van der Waals surface area contributed by atoms with Crippen LogP contribution in [0.2, 0.25) is 10.0 Å². The zero-order valence-electron chi connectivity index (χ0n) is 9.54. The predicted octanol–water partition coefficient (Wildman–Crippen LogP) is 3.29. The second kappa shape index (κ2) is 5.94. The van der Waals surface area contributed by atoms with Gasteiger partial charge in [0.25, 0.3) is 5.91 Å². The van der Waals surface area contributed by atoms with Gasteiger partial charge in [-0.2, -0.15) is 0 Å². The lowest BCUT2D eigenvalue weighted by molar-refractivity contribution is 0.0954. The van der Waals surface area contributed by atoms with Gasteiger partial charge in [0, 0.05) is 24.0 Å². The number of amides is 1. The minimum Gasteiger partial charge on any atom is -0.367 e. The van der Waals surface area contributed by atoms with Gasteiger partial charge in [0.1, 0.15) is 0 Å². The summed E-state index contributed by atoms with van der Waals surface area (Å²) in [6.07, 6.45) is 4.54. The molecule has 1 aromatic heterocycles. The lowest BCUT2D eigenvalue weighted by atomic mass is 10.2. The van der Waals surface area contributed by atoms with Gasteiger partial charge in [0.2, 0.25) is 0 Å². The maximum atomic E-state index is 11.9. The van der Waals surface area contributed by atoms with Crippen LogP contribution >= 0.6 is 23.2 Å². The Kier molecular flexibility index (Phi) is 4.28. The number of nitrogens with one attached hydrogen (secondary N) is 2. The SMILES string of the molecule is O=C(NCCc1cc[nH]c1)c1ccc(Cl)cc1Cl. The number of H-pyrrole nitrogens is 1. The van der Waals surface area contributed by atoms with Crippen molar-refractivity contribution in [1.29, 1.82) is 0 Å². The standard InChI is InChI=1S/C13H12Cl2N2O/c14-10-1-2-11(12(15)7-10)13(18)17-6-4-9-3-5-16-8-9/h1-3,5,7-8,16H,4,6H2,(H,17,18). The van der Waals surface area contributed by atoms with Crippen molar-refractivity contribution in [2.75, 3.05) is 6.54 Å². The molecule has 0 aliphatic heterocycles. The van der Waals surface area contributed by atoms with E-state index in [-0.39, 0.29) is 5.91 Å². The topological polar surface area (TPSA) is 44.9 Å². The summed E-state index contributed by atoms with van der Waals surface area (Å²) in [6.45, 7) is 0.565. The van der Waals surface area contributed by atoms with Gasteiger partial charge in [-0.05, 0) is 36.2 Å². The molecule has 1 aromatic carbocycles. The lowest BCUT2D eigenvalue weighted by Gasteiger charge is -2.06. The third kappa shape index (κ3) is 3.28. The van der Waals surface area contributed by atoms with Crippen molar-refractivity contribution in [3.05, 3.63) is 57.8 Å². The van der Waals surface area contributed by atoms with Crippen LogP contribution in [-0.2, 0) is 6.42 Å². The Morgan fingerprint density at radius 2 is 2.11 bits per heavy atom. The second-order valence-electron chi connectivity index (χ2n) is 3.85. The van der Waals surface area contributed by atoms with Gasteiger partial charge in [-0.1, -0.05) is 23.2 Å². The molecule has 0 bridgehead atoms. The third-order valence-electron chi connectivity index (χ3n) is 2.54. The summed E-state index contributed by atoms with van der Waals surface area (Å²) >= 11 is 11.7. The van der Waals surface area contributed by atoms with E-state index in [1.165, 1.54) is 0 Å². The van der Waals surface area contributed by atoms with E-state index in [1.54, 1.807) is 18.2 Å². The molecule has 18 heavy (non-hydrogen) atoms. The molecule has 0 radical (unpaired) electrons. The van der Waals surface area contributed by atoms with Gasteiger partial charge in [0.15, 0.2) is 0 Å². The Labute approximate surface area is 115 Å². The van der Waals surface area contributed by atoms with Crippen molar-refractivity contribution < 1.29 is 4.79 Å². The maximum Gasteiger partial charge on any atom is 0.252 e. The number of rotatable bonds is 4. The number of carbonyl (C=O) groups excluding carboxylic acids is 1. The number of aromatic nitrogens is 1. The van der Waals surface area contributed by atoms with Crippen LogP contribution < -0.4 is 5.32 Å². The summed E-state index contributed by atoms with van der Waals surface area (Å²) in [5.74, 6) is -0.188. The van der Waals surface area contributed by atoms with Crippen molar-refractivity contribution in [2.45, 2.75) is 6.42 Å². The molecule has 0 atom stereocenters. The Morgan fingerprint density at radius 3 is 2.78 bits per heavy atom. The highest BCUT2D eigenvalue weighted by molar-refractivity contribution is 6.36. The molecule has 0 saturated carbocycles. The van der Waals surface area contributed by atoms with E-state index in [0.717, 1.165) is 12.0 Å². The van der Waals surface area contributed by atoms with Gasteiger partial charge in [0.05, 0.1) is 10.6 Å². The van der Waals surface area contributed by atoms with Crippen LogP contribution in [0, 0.1) is 0 Å². The Bertz CT molecular complexity index is 538. The van der Waals surface area contributed by atoms with Crippen molar-refractivity contribution in [3.8, 4) is 0 Å². The molecule has 1 amide bonds. The predicted molar refractivity (Wildman–Crippen MR) is 73.3 cm³/mol. The van der Waals surface area contributed by atoms with Gasteiger partial charge < -0.3 is 10.3 Å². The molecule has 0 fully saturated rings. The Morgan fingerprint density at radius 1 is 1.28 bits per heavy atom. The summed E-state index contributed by atoms with van der Waals surface area (Å²) in [5, 5.41) is 3.70. The highest BCUT2D eigenvalue weighted by atomic mass is 35.5. The third-order valence-corrected chi connectivity index (χ3v) is 3.09. The van der Waals surface area contributed by atoms with Crippen LogP contribution in [-0.4, -0.2) is 17.4 Å². The maximum absolute atomic E-state index is 11.9. The first-order chi connectivity index (χ1) is 8.66. The van der Waals surface area contributed by atoms with Crippen molar-refractivity contribution in [2.24, 2.45) is 0 Å². The van der Waals surface area contributed by atoms with Crippen molar-refractivity contribution in [1.82, 2.24) is 10.3 Å². The highest BCUT2D eigenvalue weighted by Gasteiger charge is 2.09. The quantitative estimate of drug-likeness (QED) is 0.888. The lowest BCUT2D eigenvalue weighted by Crippen LogP contribution is -2.25. The number of hydrogen-bond donors (Lipinski definition) is 2. The summed E-state index contributed by atoms with van der Waals surface area (Å²) < 4.78 is 0. The fourth-order valence-electron chi connectivity index (χ4n) is 1.60. The molecule has 2 rings (SSSR count). The molecule has 0 saturated heterocycles. The fraction of sp³-hybridized carbons (Fsp3) is 0.154. The first kappa shape index (κ1) is 13.0. The number of aromatic amines is 1. The van der Waals surface area contributed by atoms with Crippen molar-refractivity contribution >= 4 is 29.1 Å². The number of carbonyl (C=O) groups is 1. The van der Waals surface area contributed by atoms with Crippen LogP contribution in [0.3, 0.4) is 0 Å². The van der Waals surface area contributed by atoms with E-state index < -0.39 is 0 Å². The molecule has 94 valence electrons. The molecule has 0 aliphatic rings. The van der Waals surface area contributed by atoms with E-state index in [2.05, 4.69) is 10.3 Å². The van der Waals surface area contributed by atoms with Gasteiger partial charge >= 0.3 is 0 Å². The molecule has 5 heteroatoms. The van der Waals surface area contributed by atoms with Gasteiger partial charge in [-0.3, -0.25) is 4.79 Å². The first-order valence-corrected chi connectivity index (χ1v) is 6.27. The van der Waals surface area contributed by atoms with Crippen molar-refractivity contribution in [3.63, 3.8) is 0 Å². The monoisotopic (exact) mass is 282 g/mol. The molecule has 2 N–H and O–H groups in total. The average molecular weight is 283 g/mol.